The lowest BCUT2D eigenvalue weighted by atomic mass is 10.1. The van der Waals surface area contributed by atoms with Crippen LogP contribution in [-0.2, 0) is 6.42 Å². The van der Waals surface area contributed by atoms with Gasteiger partial charge in [0, 0.05) is 30.2 Å². The largest absolute Gasteiger partial charge is 0.340 e. The molecule has 1 N–H and O–H groups in total. The van der Waals surface area contributed by atoms with E-state index in [0.29, 0.717) is 5.95 Å². The molecule has 0 saturated heterocycles. The topological polar surface area (TPSA) is 41.1 Å². The van der Waals surface area contributed by atoms with E-state index in [-0.39, 0.29) is 0 Å². The summed E-state index contributed by atoms with van der Waals surface area (Å²) in [5.41, 5.74) is 5.63. The van der Waals surface area contributed by atoms with E-state index >= 15 is 0 Å². The summed E-state index contributed by atoms with van der Waals surface area (Å²) in [5, 5.41) is 3.50. The number of aromatic nitrogens is 2. The number of nitrogens with one attached hydrogen (secondary N) is 1. The molecule has 0 aliphatic carbocycles. The Morgan fingerprint density at radius 2 is 1.72 bits per heavy atom. The second kappa shape index (κ2) is 7.34. The molecule has 0 atom stereocenters. The van der Waals surface area contributed by atoms with Crippen molar-refractivity contribution in [2.24, 2.45) is 0 Å². The average molecular weight is 332 g/mol. The third-order valence-corrected chi connectivity index (χ3v) is 4.28. The summed E-state index contributed by atoms with van der Waals surface area (Å²) in [4.78, 5) is 11.3. The van der Waals surface area contributed by atoms with E-state index in [2.05, 4.69) is 54.5 Å². The Morgan fingerprint density at radius 3 is 2.44 bits per heavy atom. The summed E-state index contributed by atoms with van der Waals surface area (Å²) < 4.78 is 0. The van der Waals surface area contributed by atoms with Gasteiger partial charge in [0.15, 0.2) is 0 Å². The Balaban J connectivity index is 1.95. The molecule has 0 amide bonds. The molecule has 3 rings (SSSR count). The van der Waals surface area contributed by atoms with Crippen LogP contribution >= 0.6 is 0 Å². The minimum atomic E-state index is 0.681. The van der Waals surface area contributed by atoms with Gasteiger partial charge in [-0.15, -0.1) is 0 Å². The normalized spacial score (nSPS) is 10.6. The number of hydrogen-bond acceptors (Lipinski definition) is 4. The Bertz CT molecular complexity index is 859. The molecular formula is C21H24N4. The first-order valence-electron chi connectivity index (χ1n) is 8.58. The number of para-hydroxylation sites is 2. The molecule has 0 saturated carbocycles. The van der Waals surface area contributed by atoms with Gasteiger partial charge < -0.3 is 10.2 Å². The number of hydrogen-bond donors (Lipinski definition) is 1. The molecule has 1 aromatic heterocycles. The summed E-state index contributed by atoms with van der Waals surface area (Å²) in [7, 11) is 1.99. The first-order chi connectivity index (χ1) is 12.1. The molecule has 1 heterocycles. The zero-order valence-electron chi connectivity index (χ0n) is 15.2. The lowest BCUT2D eigenvalue weighted by Crippen LogP contribution is -2.14. The summed E-state index contributed by atoms with van der Waals surface area (Å²) in [6, 6.07) is 18.5. The number of anilines is 4. The third-order valence-electron chi connectivity index (χ3n) is 4.28. The van der Waals surface area contributed by atoms with Gasteiger partial charge in [0.25, 0.3) is 0 Å². The van der Waals surface area contributed by atoms with Gasteiger partial charge in [-0.3, -0.25) is 0 Å². The number of benzene rings is 2. The Hall–Kier alpha value is -2.88. The predicted octanol–water partition coefficient (Wildman–Crippen LogP) is 5.17. The van der Waals surface area contributed by atoms with Crippen molar-refractivity contribution in [1.82, 2.24) is 9.97 Å². The third kappa shape index (κ3) is 3.79. The molecule has 0 fully saturated rings. The van der Waals surface area contributed by atoms with E-state index in [9.17, 15) is 0 Å². The molecule has 0 aliphatic rings. The summed E-state index contributed by atoms with van der Waals surface area (Å²) >= 11 is 0. The van der Waals surface area contributed by atoms with Crippen molar-refractivity contribution in [2.75, 3.05) is 17.3 Å². The molecule has 0 spiro atoms. The van der Waals surface area contributed by atoms with Crippen LogP contribution in [0.2, 0.25) is 0 Å². The molecule has 25 heavy (non-hydrogen) atoms. The van der Waals surface area contributed by atoms with E-state index in [0.717, 1.165) is 29.3 Å². The summed E-state index contributed by atoms with van der Waals surface area (Å²) in [6.07, 6.45) is 0.977. The summed E-state index contributed by atoms with van der Waals surface area (Å²) in [5.74, 6) is 1.50. The van der Waals surface area contributed by atoms with Crippen LogP contribution in [0.5, 0.6) is 0 Å². The fourth-order valence-corrected chi connectivity index (χ4v) is 2.86. The van der Waals surface area contributed by atoms with Crippen LogP contribution in [0, 0.1) is 13.8 Å². The number of aryl methyl sites for hydroxylation is 3. The highest BCUT2D eigenvalue weighted by Crippen LogP contribution is 2.27. The molecule has 2 aromatic carbocycles. The van der Waals surface area contributed by atoms with Gasteiger partial charge in [0.2, 0.25) is 5.95 Å². The first kappa shape index (κ1) is 17.0. The van der Waals surface area contributed by atoms with Gasteiger partial charge >= 0.3 is 0 Å². The molecular weight excluding hydrogens is 308 g/mol. The van der Waals surface area contributed by atoms with Gasteiger partial charge in [-0.1, -0.05) is 43.3 Å². The van der Waals surface area contributed by atoms with E-state index in [1.165, 1.54) is 11.1 Å². The molecule has 128 valence electrons. The Kier molecular flexibility index (Phi) is 4.98. The van der Waals surface area contributed by atoms with Crippen LogP contribution in [-0.4, -0.2) is 17.0 Å². The van der Waals surface area contributed by atoms with Gasteiger partial charge in [-0.25, -0.2) is 4.98 Å². The quantitative estimate of drug-likeness (QED) is 0.700. The van der Waals surface area contributed by atoms with Gasteiger partial charge in [-0.05, 0) is 43.5 Å². The zero-order valence-corrected chi connectivity index (χ0v) is 15.2. The van der Waals surface area contributed by atoms with Crippen LogP contribution in [0.3, 0.4) is 0 Å². The standard InChI is InChI=1S/C21H24N4/c1-5-17-11-9-10-15(2)20(17)23-19-14-16(3)22-21(24-19)25(4)18-12-7-6-8-13-18/h6-14H,5H2,1-4H3,(H,22,23,24). The van der Waals surface area contributed by atoms with Gasteiger partial charge in [0.1, 0.15) is 5.82 Å². The lowest BCUT2D eigenvalue weighted by molar-refractivity contribution is 1.01. The molecule has 3 aromatic rings. The van der Waals surface area contributed by atoms with Crippen molar-refractivity contribution in [3.05, 3.63) is 71.4 Å². The average Bonchev–Trinajstić information content (AvgIpc) is 2.63. The van der Waals surface area contributed by atoms with Crippen LogP contribution in [0.4, 0.5) is 23.1 Å². The van der Waals surface area contributed by atoms with E-state index in [4.69, 9.17) is 4.98 Å². The molecule has 4 nitrogen and oxygen atoms in total. The van der Waals surface area contributed by atoms with Gasteiger partial charge in [0.05, 0.1) is 0 Å². The second-order valence-corrected chi connectivity index (χ2v) is 6.18. The minimum Gasteiger partial charge on any atom is -0.340 e. The maximum absolute atomic E-state index is 4.73. The van der Waals surface area contributed by atoms with E-state index in [1.807, 2.05) is 43.1 Å². The Labute approximate surface area is 149 Å². The van der Waals surface area contributed by atoms with Crippen LogP contribution in [0.1, 0.15) is 23.7 Å². The smallest absolute Gasteiger partial charge is 0.231 e. The minimum absolute atomic E-state index is 0.681. The molecule has 0 aliphatic heterocycles. The predicted molar refractivity (Wildman–Crippen MR) is 105 cm³/mol. The molecule has 4 heteroatoms. The highest BCUT2D eigenvalue weighted by molar-refractivity contribution is 5.66. The SMILES string of the molecule is CCc1cccc(C)c1Nc1cc(C)nc(N(C)c2ccccc2)n1. The fourth-order valence-electron chi connectivity index (χ4n) is 2.86. The highest BCUT2D eigenvalue weighted by atomic mass is 15.3. The van der Waals surface area contributed by atoms with Crippen molar-refractivity contribution < 1.29 is 0 Å². The number of nitrogens with zero attached hydrogens (tertiary/aromatic N) is 3. The lowest BCUT2D eigenvalue weighted by Gasteiger charge is -2.19. The molecule has 0 radical (unpaired) electrons. The Morgan fingerprint density at radius 1 is 0.960 bits per heavy atom. The monoisotopic (exact) mass is 332 g/mol. The summed E-state index contributed by atoms with van der Waals surface area (Å²) in [6.45, 7) is 6.28. The number of rotatable bonds is 5. The van der Waals surface area contributed by atoms with E-state index in [1.54, 1.807) is 0 Å². The van der Waals surface area contributed by atoms with Crippen LogP contribution < -0.4 is 10.2 Å². The van der Waals surface area contributed by atoms with Crippen molar-refractivity contribution in [3.8, 4) is 0 Å². The van der Waals surface area contributed by atoms with Gasteiger partial charge in [-0.2, -0.15) is 4.98 Å². The molecule has 0 bridgehead atoms. The zero-order chi connectivity index (χ0) is 17.8. The van der Waals surface area contributed by atoms with Crippen molar-refractivity contribution in [3.63, 3.8) is 0 Å². The molecule has 0 unspecified atom stereocenters. The van der Waals surface area contributed by atoms with Crippen molar-refractivity contribution >= 4 is 23.1 Å². The maximum Gasteiger partial charge on any atom is 0.231 e. The first-order valence-corrected chi connectivity index (χ1v) is 8.58. The van der Waals surface area contributed by atoms with Crippen LogP contribution in [0.15, 0.2) is 54.6 Å². The fraction of sp³-hybridized carbons (Fsp3) is 0.238. The van der Waals surface area contributed by atoms with E-state index < -0.39 is 0 Å². The van der Waals surface area contributed by atoms with Crippen molar-refractivity contribution in [2.45, 2.75) is 27.2 Å². The van der Waals surface area contributed by atoms with Crippen molar-refractivity contribution in [1.29, 1.82) is 0 Å². The second-order valence-electron chi connectivity index (χ2n) is 6.18. The van der Waals surface area contributed by atoms with Crippen LogP contribution in [0.25, 0.3) is 0 Å². The highest BCUT2D eigenvalue weighted by Gasteiger charge is 2.11. The maximum atomic E-state index is 4.73.